The Morgan fingerprint density at radius 1 is 0.865 bits per heavy atom. The molecule has 9 saturated carbocycles. The zero-order valence-electron chi connectivity index (χ0n) is 29.9. The van der Waals surface area contributed by atoms with Crippen LogP contribution in [0.2, 0.25) is 0 Å². The molecule has 10 fully saturated rings. The SMILES string of the molecule is C.C.C.C.CC(OCCCC1(O)CC2CC1C1CCCC21)C1C(=O)OC(=O)C1C1C2CCC(C2)C1C(C)(C)C(=O)OC1(C)C2CC3CC(C2)CC1C3. The van der Waals surface area contributed by atoms with Gasteiger partial charge in [-0.15, -0.1) is 0 Å². The summed E-state index contributed by atoms with van der Waals surface area (Å²) in [5.74, 6) is 3.45. The van der Waals surface area contributed by atoms with Crippen LogP contribution in [0, 0.1) is 88.3 Å². The van der Waals surface area contributed by atoms with Crippen molar-refractivity contribution in [2.75, 3.05) is 6.61 Å². The fraction of sp³-hybridized carbons (Fsp3) is 0.933. The summed E-state index contributed by atoms with van der Waals surface area (Å²) < 4.78 is 18.5. The van der Waals surface area contributed by atoms with Crippen LogP contribution < -0.4 is 0 Å². The highest BCUT2D eigenvalue weighted by Crippen LogP contribution is 2.65. The molecule has 0 spiro atoms. The highest BCUT2D eigenvalue weighted by atomic mass is 16.6. The molecule has 0 radical (unpaired) electrons. The average Bonchev–Trinajstić information content (AvgIpc) is 3.87. The van der Waals surface area contributed by atoms with E-state index in [0.717, 1.165) is 56.3 Å². The second-order valence-corrected chi connectivity index (χ2v) is 19.7. The first-order valence-electron chi connectivity index (χ1n) is 20.2. The molecule has 0 aromatic rings. The van der Waals surface area contributed by atoms with E-state index in [0.29, 0.717) is 48.0 Å². The minimum Gasteiger partial charge on any atom is -0.458 e. The van der Waals surface area contributed by atoms with Crippen LogP contribution in [-0.4, -0.2) is 46.9 Å². The Bertz CT molecular complexity index is 1310. The first-order chi connectivity index (χ1) is 22.9. The van der Waals surface area contributed by atoms with Crippen molar-refractivity contribution in [3.63, 3.8) is 0 Å². The van der Waals surface area contributed by atoms with Crippen molar-refractivity contribution in [3.05, 3.63) is 0 Å². The predicted molar refractivity (Wildman–Crippen MR) is 205 cm³/mol. The van der Waals surface area contributed by atoms with Gasteiger partial charge in [0, 0.05) is 6.61 Å². The van der Waals surface area contributed by atoms with Gasteiger partial charge in [-0.05, 0) is 189 Å². The fourth-order valence-electron chi connectivity index (χ4n) is 15.4. The number of cyclic esters (lactones) is 2. The van der Waals surface area contributed by atoms with E-state index in [9.17, 15) is 19.5 Å². The monoisotopic (exact) mass is 729 g/mol. The number of hydrogen-bond donors (Lipinski definition) is 1. The van der Waals surface area contributed by atoms with Gasteiger partial charge in [-0.2, -0.15) is 0 Å². The zero-order valence-corrected chi connectivity index (χ0v) is 29.9. The summed E-state index contributed by atoms with van der Waals surface area (Å²) in [6.45, 7) is 8.70. The van der Waals surface area contributed by atoms with Crippen molar-refractivity contribution in [3.8, 4) is 0 Å². The van der Waals surface area contributed by atoms with Crippen LogP contribution in [0.3, 0.4) is 0 Å². The Kier molecular flexibility index (Phi) is 11.7. The Labute approximate surface area is 316 Å². The number of carbonyl (C=O) groups excluding carboxylic acids is 3. The Morgan fingerprint density at radius 2 is 1.50 bits per heavy atom. The number of aliphatic hydroxyl groups is 1. The molecule has 10 rings (SSSR count). The van der Waals surface area contributed by atoms with E-state index in [2.05, 4.69) is 20.8 Å². The van der Waals surface area contributed by atoms with E-state index in [1.165, 1.54) is 57.8 Å². The van der Waals surface area contributed by atoms with Gasteiger partial charge in [0.1, 0.15) is 5.60 Å². The van der Waals surface area contributed by atoms with Crippen LogP contribution in [0.25, 0.3) is 0 Å². The Hall–Kier alpha value is -1.47. The second-order valence-electron chi connectivity index (χ2n) is 19.7. The molecule has 298 valence electrons. The van der Waals surface area contributed by atoms with Gasteiger partial charge in [0.25, 0.3) is 0 Å². The van der Waals surface area contributed by atoms with Crippen molar-refractivity contribution >= 4 is 17.9 Å². The molecule has 12 atom stereocenters. The van der Waals surface area contributed by atoms with Gasteiger partial charge in [0.15, 0.2) is 0 Å². The summed E-state index contributed by atoms with van der Waals surface area (Å²) in [6, 6.07) is 0. The van der Waals surface area contributed by atoms with E-state index >= 15 is 0 Å². The number of ether oxygens (including phenoxy) is 3. The number of carbonyl (C=O) groups is 3. The van der Waals surface area contributed by atoms with E-state index in [4.69, 9.17) is 14.2 Å². The van der Waals surface area contributed by atoms with E-state index in [1.54, 1.807) is 0 Å². The van der Waals surface area contributed by atoms with Crippen molar-refractivity contribution in [1.29, 1.82) is 0 Å². The van der Waals surface area contributed by atoms with Crippen LogP contribution in [0.5, 0.6) is 0 Å². The molecule has 1 aliphatic heterocycles. The second kappa shape index (κ2) is 14.6. The van der Waals surface area contributed by atoms with Crippen LogP contribution >= 0.6 is 0 Å². The summed E-state index contributed by atoms with van der Waals surface area (Å²) in [4.78, 5) is 41.4. The Morgan fingerprint density at radius 3 is 2.17 bits per heavy atom. The molecule has 0 aromatic carbocycles. The van der Waals surface area contributed by atoms with E-state index in [-0.39, 0.29) is 47.5 Å². The quantitative estimate of drug-likeness (QED) is 0.136. The van der Waals surface area contributed by atoms with Crippen LogP contribution in [0.4, 0.5) is 0 Å². The lowest BCUT2D eigenvalue weighted by molar-refractivity contribution is -0.215. The maximum atomic E-state index is 14.4. The third-order valence-corrected chi connectivity index (χ3v) is 17.2. The van der Waals surface area contributed by atoms with E-state index in [1.807, 2.05) is 6.92 Å². The standard InChI is InChI=1S/C41H60O7.4CH4/c1-21(46-12-6-11-41(45)20-26-19-31(41)30-8-5-7-29(26)30)32-34(37(43)47-36(32)42)33-24-9-10-25(18-24)35(33)39(2,3)38(44)48-40(4)27-14-22-13-23(16-27)17-28(40)15-22;;;;/h21-35,45H,5-20H2,1-4H3;4*1H4. The molecule has 0 amide bonds. The molecule has 52 heavy (non-hydrogen) atoms. The lowest BCUT2D eigenvalue weighted by Crippen LogP contribution is -2.59. The molecule has 10 aliphatic rings. The summed E-state index contributed by atoms with van der Waals surface area (Å²) in [5.41, 5.74) is -1.74. The number of rotatable bonds is 10. The summed E-state index contributed by atoms with van der Waals surface area (Å²) in [7, 11) is 0. The first-order valence-corrected chi connectivity index (χ1v) is 20.2. The molecule has 1 saturated heterocycles. The number of hydrogen-bond acceptors (Lipinski definition) is 7. The lowest BCUT2D eigenvalue weighted by atomic mass is 9.50. The number of esters is 3. The molecule has 8 bridgehead atoms. The third kappa shape index (κ3) is 6.15. The molecule has 7 heteroatoms. The molecule has 0 aromatic heterocycles. The van der Waals surface area contributed by atoms with Crippen LogP contribution in [0.1, 0.15) is 154 Å². The average molecular weight is 729 g/mol. The molecular formula is C45H76O7. The minimum absolute atomic E-state index is 0. The highest BCUT2D eigenvalue weighted by molar-refractivity contribution is 5.97. The van der Waals surface area contributed by atoms with Gasteiger partial charge >= 0.3 is 17.9 Å². The molecule has 7 nitrogen and oxygen atoms in total. The van der Waals surface area contributed by atoms with Crippen LogP contribution in [0.15, 0.2) is 0 Å². The van der Waals surface area contributed by atoms with Crippen molar-refractivity contribution < 1.29 is 33.7 Å². The zero-order chi connectivity index (χ0) is 33.3. The van der Waals surface area contributed by atoms with Gasteiger partial charge in [0.2, 0.25) is 0 Å². The maximum Gasteiger partial charge on any atom is 0.320 e. The highest BCUT2D eigenvalue weighted by Gasteiger charge is 2.65. The Balaban J connectivity index is 0.00000131. The van der Waals surface area contributed by atoms with Gasteiger partial charge < -0.3 is 19.3 Å². The van der Waals surface area contributed by atoms with E-state index < -0.39 is 46.5 Å². The fourth-order valence-corrected chi connectivity index (χ4v) is 15.4. The smallest absolute Gasteiger partial charge is 0.320 e. The maximum absolute atomic E-state index is 14.4. The third-order valence-electron chi connectivity index (χ3n) is 17.2. The van der Waals surface area contributed by atoms with Gasteiger partial charge in [0.05, 0.1) is 29.0 Å². The van der Waals surface area contributed by atoms with Gasteiger partial charge in [-0.3, -0.25) is 14.4 Å². The summed E-state index contributed by atoms with van der Waals surface area (Å²) in [5, 5.41) is 11.6. The van der Waals surface area contributed by atoms with Crippen molar-refractivity contribution in [2.45, 2.75) is 171 Å². The van der Waals surface area contributed by atoms with Crippen molar-refractivity contribution in [2.24, 2.45) is 88.3 Å². The van der Waals surface area contributed by atoms with Gasteiger partial charge in [-0.25, -0.2) is 0 Å². The normalized spacial score (nSPS) is 47.9. The summed E-state index contributed by atoms with van der Waals surface area (Å²) in [6.07, 6.45) is 16.3. The molecule has 9 aliphatic carbocycles. The largest absolute Gasteiger partial charge is 0.458 e. The topological polar surface area (TPSA) is 99.1 Å². The molecular weight excluding hydrogens is 652 g/mol. The summed E-state index contributed by atoms with van der Waals surface area (Å²) >= 11 is 0. The molecule has 1 N–H and O–H groups in total. The minimum atomic E-state index is -0.767. The van der Waals surface area contributed by atoms with Gasteiger partial charge in [-0.1, -0.05) is 36.1 Å². The molecule has 12 unspecified atom stereocenters. The van der Waals surface area contributed by atoms with Crippen LogP contribution in [-0.2, 0) is 28.6 Å². The van der Waals surface area contributed by atoms with Crippen molar-refractivity contribution in [1.82, 2.24) is 0 Å². The lowest BCUT2D eigenvalue weighted by Gasteiger charge is -2.59. The molecule has 1 heterocycles. The predicted octanol–water partition coefficient (Wildman–Crippen LogP) is 9.67. The number of fused-ring (bicyclic) bond motifs is 7. The first kappa shape index (κ1) is 41.7.